The predicted octanol–water partition coefficient (Wildman–Crippen LogP) is 4.22. The topological polar surface area (TPSA) is 75.2 Å². The Balaban J connectivity index is 2.20. The summed E-state index contributed by atoms with van der Waals surface area (Å²) in [6, 6.07) is 17.4. The summed E-state index contributed by atoms with van der Waals surface area (Å²) in [7, 11) is 0. The maximum absolute atomic E-state index is 13.6. The molecule has 0 amide bonds. The van der Waals surface area contributed by atoms with Gasteiger partial charge in [0.1, 0.15) is 17.4 Å². The lowest BCUT2D eigenvalue weighted by Crippen LogP contribution is -2.28. The van der Waals surface area contributed by atoms with Crippen LogP contribution in [0.5, 0.6) is 5.75 Å². The van der Waals surface area contributed by atoms with Crippen LogP contribution in [-0.2, 0) is 12.7 Å². The van der Waals surface area contributed by atoms with Gasteiger partial charge in [-0.3, -0.25) is 4.79 Å². The molecule has 2 aromatic carbocycles. The van der Waals surface area contributed by atoms with E-state index in [1.165, 1.54) is 12.1 Å². The summed E-state index contributed by atoms with van der Waals surface area (Å²) in [5.41, 5.74) is -2.17. The molecule has 0 aliphatic rings. The number of ether oxygens (including phenoxy) is 1. The van der Waals surface area contributed by atoms with Crippen LogP contribution in [0.15, 0.2) is 65.5 Å². The van der Waals surface area contributed by atoms with E-state index >= 15 is 0 Å². The molecule has 0 aliphatic carbocycles. The second kappa shape index (κ2) is 9.49. The van der Waals surface area contributed by atoms with Gasteiger partial charge in [0, 0.05) is 18.6 Å². The molecule has 8 heteroatoms. The molecule has 0 aliphatic heterocycles. The number of aliphatic hydroxyl groups excluding tert-OH is 1. The Morgan fingerprint density at radius 2 is 1.81 bits per heavy atom. The minimum atomic E-state index is -4.86. The Morgan fingerprint density at radius 3 is 2.45 bits per heavy atom. The van der Waals surface area contributed by atoms with E-state index in [-0.39, 0.29) is 25.5 Å². The van der Waals surface area contributed by atoms with Gasteiger partial charge in [-0.15, -0.1) is 0 Å². The lowest BCUT2D eigenvalue weighted by atomic mass is 10.0. The zero-order valence-electron chi connectivity index (χ0n) is 16.4. The van der Waals surface area contributed by atoms with Gasteiger partial charge in [0.25, 0.3) is 5.56 Å². The molecule has 3 aromatic rings. The third-order valence-electron chi connectivity index (χ3n) is 4.60. The van der Waals surface area contributed by atoms with Crippen LogP contribution in [0.3, 0.4) is 0 Å². The summed E-state index contributed by atoms with van der Waals surface area (Å²) in [5.74, 6) is 0.391. The molecule has 1 N–H and O–H groups in total. The van der Waals surface area contributed by atoms with E-state index in [1.807, 2.05) is 0 Å². The van der Waals surface area contributed by atoms with E-state index in [9.17, 15) is 23.2 Å². The maximum Gasteiger partial charge on any atom is 0.417 e. The van der Waals surface area contributed by atoms with Crippen LogP contribution >= 0.6 is 0 Å². The molecular weight excluding hydrogens is 409 g/mol. The monoisotopic (exact) mass is 428 g/mol. The van der Waals surface area contributed by atoms with E-state index in [0.717, 1.165) is 10.6 Å². The Bertz CT molecular complexity index is 1150. The molecule has 0 spiro atoms. The van der Waals surface area contributed by atoms with Gasteiger partial charge < -0.3 is 14.4 Å². The molecule has 0 bridgehead atoms. The summed E-state index contributed by atoms with van der Waals surface area (Å²) in [4.78, 5) is 12.9. The first-order valence-corrected chi connectivity index (χ1v) is 9.48. The number of alkyl halides is 3. The molecular formula is C23H19F3N2O3. The van der Waals surface area contributed by atoms with Crippen LogP contribution in [0.1, 0.15) is 23.1 Å². The second-order valence-electron chi connectivity index (χ2n) is 6.76. The first-order valence-electron chi connectivity index (χ1n) is 9.48. The Labute approximate surface area is 176 Å². The number of aromatic nitrogens is 1. The van der Waals surface area contributed by atoms with Crippen LogP contribution in [0.25, 0.3) is 11.3 Å². The average molecular weight is 428 g/mol. The minimum absolute atomic E-state index is 0.00256. The third kappa shape index (κ3) is 5.13. The summed E-state index contributed by atoms with van der Waals surface area (Å²) in [6.07, 6.45) is -4.46. The molecule has 0 radical (unpaired) electrons. The van der Waals surface area contributed by atoms with Gasteiger partial charge in [0.2, 0.25) is 0 Å². The maximum atomic E-state index is 13.6. The third-order valence-corrected chi connectivity index (χ3v) is 4.60. The SMILES string of the molecule is N#Cc1c(C(F)(F)F)cc(-c2cccc(OCCCO)c2)n(Cc2ccccc2)c1=O. The van der Waals surface area contributed by atoms with Crippen molar-refractivity contribution < 1.29 is 23.0 Å². The first kappa shape index (κ1) is 22.1. The van der Waals surface area contributed by atoms with Gasteiger partial charge in [-0.25, -0.2) is 0 Å². The molecule has 0 unspecified atom stereocenters. The summed E-state index contributed by atoms with van der Waals surface area (Å²) >= 11 is 0. The summed E-state index contributed by atoms with van der Waals surface area (Å²) < 4.78 is 47.5. The first-order chi connectivity index (χ1) is 14.8. The molecule has 0 atom stereocenters. The fraction of sp³-hybridized carbons (Fsp3) is 0.217. The fourth-order valence-electron chi connectivity index (χ4n) is 3.14. The Hall–Kier alpha value is -3.57. The summed E-state index contributed by atoms with van der Waals surface area (Å²) in [6.45, 7) is 0.177. The van der Waals surface area contributed by atoms with Crippen molar-refractivity contribution in [2.75, 3.05) is 13.2 Å². The van der Waals surface area contributed by atoms with Gasteiger partial charge in [0.15, 0.2) is 0 Å². The minimum Gasteiger partial charge on any atom is -0.493 e. The van der Waals surface area contributed by atoms with Crippen molar-refractivity contribution in [3.05, 3.63) is 87.7 Å². The highest BCUT2D eigenvalue weighted by Gasteiger charge is 2.36. The molecule has 0 saturated carbocycles. The van der Waals surface area contributed by atoms with Crippen molar-refractivity contribution >= 4 is 0 Å². The van der Waals surface area contributed by atoms with Gasteiger partial charge in [-0.05, 0) is 23.8 Å². The number of rotatable bonds is 7. The molecule has 0 saturated heterocycles. The smallest absolute Gasteiger partial charge is 0.417 e. The fourth-order valence-corrected chi connectivity index (χ4v) is 3.14. The zero-order chi connectivity index (χ0) is 22.4. The van der Waals surface area contributed by atoms with Crippen LogP contribution in [0.2, 0.25) is 0 Å². The highest BCUT2D eigenvalue weighted by Crippen LogP contribution is 2.34. The van der Waals surface area contributed by atoms with Crippen molar-refractivity contribution in [3.8, 4) is 23.1 Å². The number of hydrogen-bond donors (Lipinski definition) is 1. The predicted molar refractivity (Wildman–Crippen MR) is 109 cm³/mol. The van der Waals surface area contributed by atoms with Gasteiger partial charge >= 0.3 is 6.18 Å². The molecule has 31 heavy (non-hydrogen) atoms. The second-order valence-corrected chi connectivity index (χ2v) is 6.76. The lowest BCUT2D eigenvalue weighted by Gasteiger charge is -2.18. The molecule has 0 fully saturated rings. The number of pyridine rings is 1. The number of hydrogen-bond acceptors (Lipinski definition) is 4. The van der Waals surface area contributed by atoms with Crippen molar-refractivity contribution in [1.29, 1.82) is 5.26 Å². The van der Waals surface area contributed by atoms with E-state index in [0.29, 0.717) is 23.3 Å². The number of nitriles is 1. The zero-order valence-corrected chi connectivity index (χ0v) is 16.4. The van der Waals surface area contributed by atoms with Crippen molar-refractivity contribution in [1.82, 2.24) is 4.57 Å². The lowest BCUT2D eigenvalue weighted by molar-refractivity contribution is -0.137. The standard InChI is InChI=1S/C23H19F3N2O3/c24-23(25,26)20-13-21(17-8-4-9-18(12-17)31-11-5-10-29)28(22(30)19(20)14-27)15-16-6-2-1-3-7-16/h1-4,6-9,12-13,29H,5,10-11,15H2. The van der Waals surface area contributed by atoms with E-state index in [4.69, 9.17) is 9.84 Å². The highest BCUT2D eigenvalue weighted by molar-refractivity contribution is 5.64. The van der Waals surface area contributed by atoms with Crippen LogP contribution in [0.4, 0.5) is 13.2 Å². The van der Waals surface area contributed by atoms with Crippen molar-refractivity contribution in [3.63, 3.8) is 0 Å². The molecule has 1 heterocycles. The van der Waals surface area contributed by atoms with Gasteiger partial charge in [0.05, 0.1) is 24.4 Å². The number of nitrogens with zero attached hydrogens (tertiary/aromatic N) is 2. The number of aliphatic hydroxyl groups is 1. The van der Waals surface area contributed by atoms with Crippen LogP contribution < -0.4 is 10.3 Å². The van der Waals surface area contributed by atoms with Gasteiger partial charge in [-0.1, -0.05) is 42.5 Å². The van der Waals surface area contributed by atoms with Gasteiger partial charge in [-0.2, -0.15) is 18.4 Å². The van der Waals surface area contributed by atoms with Crippen molar-refractivity contribution in [2.24, 2.45) is 0 Å². The van der Waals surface area contributed by atoms with Crippen LogP contribution in [0, 0.1) is 11.3 Å². The highest BCUT2D eigenvalue weighted by atomic mass is 19.4. The Morgan fingerprint density at radius 1 is 1.06 bits per heavy atom. The quantitative estimate of drug-likeness (QED) is 0.572. The Kier molecular flexibility index (Phi) is 6.78. The van der Waals surface area contributed by atoms with E-state index < -0.39 is 22.9 Å². The van der Waals surface area contributed by atoms with E-state index in [2.05, 4.69) is 0 Å². The average Bonchev–Trinajstić information content (AvgIpc) is 2.75. The summed E-state index contributed by atoms with van der Waals surface area (Å²) in [5, 5.41) is 18.2. The van der Waals surface area contributed by atoms with Crippen molar-refractivity contribution in [2.45, 2.75) is 19.1 Å². The number of benzene rings is 2. The largest absolute Gasteiger partial charge is 0.493 e. The van der Waals surface area contributed by atoms with Crippen LogP contribution in [-0.4, -0.2) is 22.9 Å². The number of halogens is 3. The normalized spacial score (nSPS) is 11.2. The molecule has 3 rings (SSSR count). The molecule has 160 valence electrons. The molecule has 5 nitrogen and oxygen atoms in total. The molecule has 1 aromatic heterocycles. The van der Waals surface area contributed by atoms with E-state index in [1.54, 1.807) is 48.5 Å².